The second kappa shape index (κ2) is 7.73. The van der Waals surface area contributed by atoms with Crippen LogP contribution >= 0.6 is 23.2 Å². The Balaban J connectivity index is 1.67. The van der Waals surface area contributed by atoms with Crippen molar-refractivity contribution in [2.75, 3.05) is 6.54 Å². The van der Waals surface area contributed by atoms with E-state index >= 15 is 0 Å². The van der Waals surface area contributed by atoms with E-state index in [9.17, 15) is 0 Å². The lowest BCUT2D eigenvalue weighted by Gasteiger charge is -2.20. The van der Waals surface area contributed by atoms with E-state index in [2.05, 4.69) is 4.90 Å². The van der Waals surface area contributed by atoms with Gasteiger partial charge in [0.1, 0.15) is 11.5 Å². The van der Waals surface area contributed by atoms with Gasteiger partial charge in [-0.15, -0.1) is 0 Å². The summed E-state index contributed by atoms with van der Waals surface area (Å²) in [6.45, 7) is 2.28. The molecule has 0 radical (unpaired) electrons. The second-order valence-electron chi connectivity index (χ2n) is 5.36. The molecule has 0 aliphatic rings. The first kappa shape index (κ1) is 16.2. The smallest absolute Gasteiger partial charge is 0.117 e. The molecule has 23 heavy (non-hydrogen) atoms. The maximum absolute atomic E-state index is 6.26. The number of rotatable bonds is 7. The van der Waals surface area contributed by atoms with Crippen molar-refractivity contribution in [3.05, 3.63) is 82.1 Å². The van der Waals surface area contributed by atoms with Crippen LogP contribution in [0.3, 0.4) is 0 Å². The van der Waals surface area contributed by atoms with Crippen LogP contribution in [0, 0.1) is 0 Å². The highest BCUT2D eigenvalue weighted by Crippen LogP contribution is 2.22. The average molecular weight is 350 g/mol. The Morgan fingerprint density at radius 1 is 0.870 bits per heavy atom. The highest BCUT2D eigenvalue weighted by atomic mass is 35.5. The molecule has 2 heterocycles. The average Bonchev–Trinajstić information content (AvgIpc) is 3.20. The Morgan fingerprint density at radius 2 is 1.52 bits per heavy atom. The molecular formula is C18H17Cl2NO2. The van der Waals surface area contributed by atoms with E-state index in [1.54, 1.807) is 18.6 Å². The zero-order valence-corrected chi connectivity index (χ0v) is 14.1. The molecule has 3 nitrogen and oxygen atoms in total. The maximum atomic E-state index is 6.26. The minimum Gasteiger partial charge on any atom is -0.468 e. The minimum atomic E-state index is 0.654. The topological polar surface area (TPSA) is 29.5 Å². The van der Waals surface area contributed by atoms with E-state index in [1.165, 1.54) is 0 Å². The van der Waals surface area contributed by atoms with Crippen LogP contribution in [0.1, 0.15) is 17.1 Å². The lowest BCUT2D eigenvalue weighted by molar-refractivity contribution is 0.220. The number of hydrogen-bond acceptors (Lipinski definition) is 3. The van der Waals surface area contributed by atoms with Gasteiger partial charge in [-0.05, 0) is 48.4 Å². The van der Waals surface area contributed by atoms with Crippen LogP contribution in [0.25, 0.3) is 0 Å². The van der Waals surface area contributed by atoms with Gasteiger partial charge in [0.25, 0.3) is 0 Å². The Hall–Kier alpha value is -1.68. The lowest BCUT2D eigenvalue weighted by Crippen LogP contribution is -2.25. The van der Waals surface area contributed by atoms with Crippen LogP contribution in [-0.4, -0.2) is 11.4 Å². The van der Waals surface area contributed by atoms with E-state index in [-0.39, 0.29) is 0 Å². The van der Waals surface area contributed by atoms with Gasteiger partial charge in [0.2, 0.25) is 0 Å². The fraction of sp³-hybridized carbons (Fsp3) is 0.222. The maximum Gasteiger partial charge on any atom is 0.117 e. The summed E-state index contributed by atoms with van der Waals surface area (Å²) < 4.78 is 10.9. The van der Waals surface area contributed by atoms with E-state index in [1.807, 2.05) is 36.4 Å². The SMILES string of the molecule is Clc1ccc(CCN(Cc2ccco2)Cc2ccco2)c(Cl)c1. The van der Waals surface area contributed by atoms with Crippen molar-refractivity contribution >= 4 is 23.2 Å². The van der Waals surface area contributed by atoms with E-state index < -0.39 is 0 Å². The van der Waals surface area contributed by atoms with Crippen LogP contribution in [-0.2, 0) is 19.5 Å². The normalized spacial score (nSPS) is 11.3. The zero-order valence-electron chi connectivity index (χ0n) is 12.5. The van der Waals surface area contributed by atoms with Crippen molar-refractivity contribution in [1.82, 2.24) is 4.90 Å². The summed E-state index contributed by atoms with van der Waals surface area (Å²) in [5.41, 5.74) is 1.08. The summed E-state index contributed by atoms with van der Waals surface area (Å²) >= 11 is 12.2. The molecule has 1 aromatic carbocycles. The van der Waals surface area contributed by atoms with Gasteiger partial charge in [0, 0.05) is 16.6 Å². The van der Waals surface area contributed by atoms with Gasteiger partial charge < -0.3 is 8.83 Å². The molecule has 120 valence electrons. The third kappa shape index (κ3) is 4.64. The molecule has 5 heteroatoms. The van der Waals surface area contributed by atoms with Gasteiger partial charge in [-0.1, -0.05) is 29.3 Å². The van der Waals surface area contributed by atoms with Crippen LogP contribution in [0.2, 0.25) is 10.0 Å². The first-order valence-electron chi connectivity index (χ1n) is 7.42. The highest BCUT2D eigenvalue weighted by molar-refractivity contribution is 6.35. The van der Waals surface area contributed by atoms with Crippen molar-refractivity contribution in [3.8, 4) is 0 Å². The van der Waals surface area contributed by atoms with Crippen LogP contribution in [0.15, 0.2) is 63.8 Å². The Labute approximate surface area is 145 Å². The molecule has 0 bridgehead atoms. The van der Waals surface area contributed by atoms with Crippen molar-refractivity contribution in [3.63, 3.8) is 0 Å². The number of benzene rings is 1. The van der Waals surface area contributed by atoms with Gasteiger partial charge in [-0.25, -0.2) is 0 Å². The Morgan fingerprint density at radius 3 is 2.04 bits per heavy atom. The van der Waals surface area contributed by atoms with E-state index in [4.69, 9.17) is 32.0 Å². The molecular weight excluding hydrogens is 333 g/mol. The second-order valence-corrected chi connectivity index (χ2v) is 6.20. The summed E-state index contributed by atoms with van der Waals surface area (Å²) in [5.74, 6) is 1.86. The monoisotopic (exact) mass is 349 g/mol. The standard InChI is InChI=1S/C18H17Cl2NO2/c19-15-6-5-14(18(20)11-15)7-8-21(12-16-3-1-9-22-16)13-17-4-2-10-23-17/h1-6,9-11H,7-8,12-13H2. The molecule has 0 amide bonds. The van der Waals surface area contributed by atoms with Crippen molar-refractivity contribution < 1.29 is 8.83 Å². The third-order valence-electron chi connectivity index (χ3n) is 3.63. The van der Waals surface area contributed by atoms with Crippen LogP contribution < -0.4 is 0 Å². The summed E-state index contributed by atoms with van der Waals surface area (Å²) in [5, 5.41) is 1.36. The van der Waals surface area contributed by atoms with Gasteiger partial charge in [-0.2, -0.15) is 0 Å². The molecule has 0 saturated heterocycles. The number of halogens is 2. The summed E-state index contributed by atoms with van der Waals surface area (Å²) in [6.07, 6.45) is 4.21. The van der Waals surface area contributed by atoms with Crippen molar-refractivity contribution in [1.29, 1.82) is 0 Å². The highest BCUT2D eigenvalue weighted by Gasteiger charge is 2.12. The van der Waals surface area contributed by atoms with Gasteiger partial charge in [-0.3, -0.25) is 4.90 Å². The molecule has 0 unspecified atom stereocenters. The van der Waals surface area contributed by atoms with Gasteiger partial charge >= 0.3 is 0 Å². The third-order valence-corrected chi connectivity index (χ3v) is 4.22. The number of hydrogen-bond donors (Lipinski definition) is 0. The van der Waals surface area contributed by atoms with Crippen LogP contribution in [0.4, 0.5) is 0 Å². The summed E-state index contributed by atoms with van der Waals surface area (Å²) in [7, 11) is 0. The lowest BCUT2D eigenvalue weighted by atomic mass is 10.1. The molecule has 0 aliphatic heterocycles. The predicted octanol–water partition coefficient (Wildman–Crippen LogP) is 5.42. The molecule has 0 spiro atoms. The predicted molar refractivity (Wildman–Crippen MR) is 91.7 cm³/mol. The first-order valence-corrected chi connectivity index (χ1v) is 8.17. The van der Waals surface area contributed by atoms with Gasteiger partial charge in [0.15, 0.2) is 0 Å². The summed E-state index contributed by atoms with van der Waals surface area (Å²) in [4.78, 5) is 2.27. The molecule has 3 rings (SSSR count). The molecule has 3 aromatic rings. The van der Waals surface area contributed by atoms with Crippen molar-refractivity contribution in [2.45, 2.75) is 19.5 Å². The molecule has 0 atom stereocenters. The Bertz CT molecular complexity index is 687. The fourth-order valence-corrected chi connectivity index (χ4v) is 2.97. The van der Waals surface area contributed by atoms with Crippen molar-refractivity contribution in [2.24, 2.45) is 0 Å². The fourth-order valence-electron chi connectivity index (χ4n) is 2.46. The zero-order chi connectivity index (χ0) is 16.1. The number of furan rings is 2. The summed E-state index contributed by atoms with van der Waals surface area (Å²) in [6, 6.07) is 13.4. The van der Waals surface area contributed by atoms with E-state index in [0.717, 1.165) is 43.1 Å². The van der Waals surface area contributed by atoms with Crippen LogP contribution in [0.5, 0.6) is 0 Å². The number of nitrogens with zero attached hydrogens (tertiary/aromatic N) is 1. The molecule has 2 aromatic heterocycles. The van der Waals surface area contributed by atoms with Gasteiger partial charge in [0.05, 0.1) is 25.6 Å². The quantitative estimate of drug-likeness (QED) is 0.569. The molecule has 0 aliphatic carbocycles. The molecule has 0 N–H and O–H groups in total. The molecule has 0 saturated carbocycles. The largest absolute Gasteiger partial charge is 0.468 e. The Kier molecular flexibility index (Phi) is 5.44. The minimum absolute atomic E-state index is 0.654. The van der Waals surface area contributed by atoms with E-state index in [0.29, 0.717) is 10.0 Å². The first-order chi connectivity index (χ1) is 11.2. The molecule has 0 fully saturated rings.